The Bertz CT molecular complexity index is 1480. The Labute approximate surface area is 219 Å². The number of benzene rings is 2. The van der Waals surface area contributed by atoms with Gasteiger partial charge in [0, 0.05) is 34.6 Å². The van der Waals surface area contributed by atoms with Crippen molar-refractivity contribution in [2.75, 3.05) is 19.6 Å². The van der Waals surface area contributed by atoms with Crippen molar-refractivity contribution < 1.29 is 23.1 Å². The maximum Gasteiger partial charge on any atom is 0.490 e. The molecule has 0 radical (unpaired) electrons. The number of halogens is 5. The Balaban J connectivity index is 0.000000405. The quantitative estimate of drug-likeness (QED) is 0.297. The standard InChI is InChI=1S/C23H22Cl2N4O.C2HF3O2/c24-16-4-5-19-17(12-16)15(13-26-19)8-11-29-9-6-14(7-10-29)22-27-20-3-1-2-18(25)21(20)23(30)28-22;3-2(4,5)1(6)7/h1-5,12-14,26H,6-11H2,(H,27,28,30);(H,6,7). The zero-order chi connectivity index (χ0) is 26.7. The van der Waals surface area contributed by atoms with Crippen LogP contribution in [0.1, 0.15) is 30.1 Å². The number of alkyl halides is 3. The number of H-pyrrole nitrogens is 2. The number of carboxylic acids is 1. The number of nitrogens with zero attached hydrogens (tertiary/aromatic N) is 2. The van der Waals surface area contributed by atoms with Crippen molar-refractivity contribution in [1.82, 2.24) is 19.9 Å². The summed E-state index contributed by atoms with van der Waals surface area (Å²) < 4.78 is 31.7. The average Bonchev–Trinajstić information content (AvgIpc) is 3.24. The number of aromatic nitrogens is 3. The van der Waals surface area contributed by atoms with E-state index in [4.69, 9.17) is 38.1 Å². The molecule has 1 saturated heterocycles. The molecule has 0 bridgehead atoms. The molecule has 196 valence electrons. The lowest BCUT2D eigenvalue weighted by Crippen LogP contribution is -2.35. The summed E-state index contributed by atoms with van der Waals surface area (Å²) in [5.41, 5.74) is 2.94. The van der Waals surface area contributed by atoms with Crippen molar-refractivity contribution in [2.45, 2.75) is 31.4 Å². The van der Waals surface area contributed by atoms with Gasteiger partial charge in [0.25, 0.3) is 5.56 Å². The van der Waals surface area contributed by atoms with Crippen LogP contribution in [0.15, 0.2) is 47.4 Å². The lowest BCUT2D eigenvalue weighted by Gasteiger charge is -2.31. The summed E-state index contributed by atoms with van der Waals surface area (Å²) in [5.74, 6) is -1.71. The van der Waals surface area contributed by atoms with Gasteiger partial charge in [-0.2, -0.15) is 13.2 Å². The van der Waals surface area contributed by atoms with E-state index in [0.29, 0.717) is 15.9 Å². The minimum atomic E-state index is -5.08. The van der Waals surface area contributed by atoms with E-state index in [1.807, 2.05) is 30.3 Å². The van der Waals surface area contributed by atoms with Crippen LogP contribution < -0.4 is 5.56 Å². The molecular formula is C25H23Cl2F3N4O3. The van der Waals surface area contributed by atoms with E-state index in [2.05, 4.69) is 21.1 Å². The maximum absolute atomic E-state index is 12.5. The van der Waals surface area contributed by atoms with Crippen molar-refractivity contribution in [3.63, 3.8) is 0 Å². The molecule has 3 heterocycles. The van der Waals surface area contributed by atoms with Gasteiger partial charge in [0.2, 0.25) is 0 Å². The highest BCUT2D eigenvalue weighted by atomic mass is 35.5. The Kier molecular flexibility index (Phi) is 8.11. The molecule has 5 rings (SSSR count). The van der Waals surface area contributed by atoms with Gasteiger partial charge in [-0.1, -0.05) is 29.3 Å². The molecule has 0 atom stereocenters. The Hall–Kier alpha value is -3.08. The third-order valence-corrected chi connectivity index (χ3v) is 6.89. The fourth-order valence-corrected chi connectivity index (χ4v) is 4.85. The number of likely N-dealkylation sites (tertiary alicyclic amines) is 1. The van der Waals surface area contributed by atoms with E-state index in [1.165, 1.54) is 10.9 Å². The van der Waals surface area contributed by atoms with Gasteiger partial charge in [-0.3, -0.25) is 4.79 Å². The van der Waals surface area contributed by atoms with Gasteiger partial charge in [-0.25, -0.2) is 9.78 Å². The van der Waals surface area contributed by atoms with Gasteiger partial charge in [0.15, 0.2) is 0 Å². The number of carboxylic acid groups (broad SMARTS) is 1. The fraction of sp³-hybridized carbons (Fsp3) is 0.320. The summed E-state index contributed by atoms with van der Waals surface area (Å²) in [5, 5.41) is 10.0. The third kappa shape index (κ3) is 6.44. The van der Waals surface area contributed by atoms with Gasteiger partial charge in [-0.15, -0.1) is 0 Å². The fourth-order valence-electron chi connectivity index (χ4n) is 4.43. The smallest absolute Gasteiger partial charge is 0.475 e. The van der Waals surface area contributed by atoms with Crippen molar-refractivity contribution in [1.29, 1.82) is 0 Å². The number of hydrogen-bond donors (Lipinski definition) is 3. The second kappa shape index (κ2) is 11.1. The van der Waals surface area contributed by atoms with Crippen molar-refractivity contribution in [3.05, 3.63) is 74.4 Å². The zero-order valence-corrected chi connectivity index (χ0v) is 20.9. The summed E-state index contributed by atoms with van der Waals surface area (Å²) in [7, 11) is 0. The van der Waals surface area contributed by atoms with Crippen molar-refractivity contribution >= 4 is 51.0 Å². The van der Waals surface area contributed by atoms with Gasteiger partial charge in [-0.05, 0) is 68.2 Å². The summed E-state index contributed by atoms with van der Waals surface area (Å²) in [6, 6.07) is 11.4. The molecule has 0 spiro atoms. The monoisotopic (exact) mass is 554 g/mol. The van der Waals surface area contributed by atoms with Crippen LogP contribution in [0, 0.1) is 0 Å². The lowest BCUT2D eigenvalue weighted by atomic mass is 9.95. The molecule has 0 unspecified atom stereocenters. The molecule has 12 heteroatoms. The highest BCUT2D eigenvalue weighted by Gasteiger charge is 2.38. The Morgan fingerprint density at radius 1 is 1.16 bits per heavy atom. The van der Waals surface area contributed by atoms with Crippen LogP contribution in [-0.2, 0) is 11.2 Å². The van der Waals surface area contributed by atoms with Crippen molar-refractivity contribution in [2.24, 2.45) is 0 Å². The number of carbonyl (C=O) groups is 1. The predicted molar refractivity (Wildman–Crippen MR) is 136 cm³/mol. The number of rotatable bonds is 4. The maximum atomic E-state index is 12.5. The van der Waals surface area contributed by atoms with Gasteiger partial charge < -0.3 is 20.0 Å². The highest BCUT2D eigenvalue weighted by Crippen LogP contribution is 2.28. The molecule has 1 aliphatic heterocycles. The average molecular weight is 555 g/mol. The second-order valence-electron chi connectivity index (χ2n) is 8.76. The van der Waals surface area contributed by atoms with Gasteiger partial charge in [0.05, 0.1) is 15.9 Å². The van der Waals surface area contributed by atoms with E-state index in [9.17, 15) is 18.0 Å². The third-order valence-electron chi connectivity index (χ3n) is 6.34. The molecule has 4 aromatic rings. The number of aromatic amines is 2. The minimum Gasteiger partial charge on any atom is -0.475 e. The van der Waals surface area contributed by atoms with Gasteiger partial charge >= 0.3 is 12.1 Å². The summed E-state index contributed by atoms with van der Waals surface area (Å²) in [6.07, 6.45) is -0.0549. The molecule has 37 heavy (non-hydrogen) atoms. The van der Waals surface area contributed by atoms with E-state index >= 15 is 0 Å². The normalized spacial score (nSPS) is 15.1. The van der Waals surface area contributed by atoms with E-state index in [-0.39, 0.29) is 11.5 Å². The number of nitrogens with one attached hydrogen (secondary N) is 2. The molecular weight excluding hydrogens is 532 g/mol. The molecule has 1 aliphatic rings. The molecule has 1 fully saturated rings. The van der Waals surface area contributed by atoms with Crippen LogP contribution in [0.2, 0.25) is 10.0 Å². The first-order chi connectivity index (χ1) is 17.5. The number of aliphatic carboxylic acids is 1. The molecule has 2 aromatic carbocycles. The highest BCUT2D eigenvalue weighted by molar-refractivity contribution is 6.35. The number of hydrogen-bond acceptors (Lipinski definition) is 4. The van der Waals surface area contributed by atoms with E-state index in [0.717, 1.165) is 55.3 Å². The Morgan fingerprint density at radius 3 is 2.54 bits per heavy atom. The lowest BCUT2D eigenvalue weighted by molar-refractivity contribution is -0.192. The largest absolute Gasteiger partial charge is 0.490 e. The van der Waals surface area contributed by atoms with E-state index < -0.39 is 12.1 Å². The SMILES string of the molecule is O=C(O)C(F)(F)F.O=c1[nH]c(C2CCN(CCc3c[nH]c4ccc(Cl)cc34)CC2)nc2cccc(Cl)c12. The molecule has 0 amide bonds. The zero-order valence-electron chi connectivity index (χ0n) is 19.4. The van der Waals surface area contributed by atoms with Crippen LogP contribution in [-0.4, -0.2) is 56.7 Å². The summed E-state index contributed by atoms with van der Waals surface area (Å²) in [4.78, 5) is 34.9. The molecule has 0 aliphatic carbocycles. The summed E-state index contributed by atoms with van der Waals surface area (Å²) >= 11 is 12.3. The number of fused-ring (bicyclic) bond motifs is 2. The topological polar surface area (TPSA) is 102 Å². The first kappa shape index (κ1) is 27.0. The summed E-state index contributed by atoms with van der Waals surface area (Å²) in [6.45, 7) is 2.99. The molecule has 7 nitrogen and oxygen atoms in total. The Morgan fingerprint density at radius 2 is 1.86 bits per heavy atom. The van der Waals surface area contributed by atoms with Gasteiger partial charge in [0.1, 0.15) is 5.82 Å². The van der Waals surface area contributed by atoms with E-state index in [1.54, 1.807) is 6.07 Å². The van der Waals surface area contributed by atoms with Crippen LogP contribution in [0.4, 0.5) is 13.2 Å². The van der Waals surface area contributed by atoms with Crippen LogP contribution in [0.25, 0.3) is 21.8 Å². The second-order valence-corrected chi connectivity index (χ2v) is 9.60. The number of piperidine rings is 1. The molecule has 2 aromatic heterocycles. The first-order valence-corrected chi connectivity index (χ1v) is 12.2. The predicted octanol–water partition coefficient (Wildman–Crippen LogP) is 5.77. The van der Waals surface area contributed by atoms with Crippen LogP contribution in [0.5, 0.6) is 0 Å². The minimum absolute atomic E-state index is 0.152. The van der Waals surface area contributed by atoms with Crippen LogP contribution >= 0.6 is 23.2 Å². The first-order valence-electron chi connectivity index (χ1n) is 11.5. The van der Waals surface area contributed by atoms with Crippen molar-refractivity contribution in [3.8, 4) is 0 Å². The molecule has 3 N–H and O–H groups in total. The van der Waals surface area contributed by atoms with Crippen LogP contribution in [0.3, 0.4) is 0 Å². The molecule has 0 saturated carbocycles.